The fourth-order valence-electron chi connectivity index (χ4n) is 4.73. The van der Waals surface area contributed by atoms with Gasteiger partial charge in [0.25, 0.3) is 0 Å². The maximum absolute atomic E-state index is 12.9. The van der Waals surface area contributed by atoms with Gasteiger partial charge in [0.2, 0.25) is 5.91 Å². The molecule has 2 aliphatic rings. The van der Waals surface area contributed by atoms with Gasteiger partial charge in [-0.25, -0.2) is 8.42 Å². The molecule has 9 nitrogen and oxygen atoms in total. The molecule has 1 aromatic carbocycles. The van der Waals surface area contributed by atoms with Crippen LogP contribution in [0.25, 0.3) is 11.4 Å². The van der Waals surface area contributed by atoms with Gasteiger partial charge in [0.05, 0.1) is 31.5 Å². The molecular weight excluding hydrogens is 476 g/mol. The van der Waals surface area contributed by atoms with Crippen molar-refractivity contribution in [2.24, 2.45) is 0 Å². The number of carbonyl (C=O) groups is 1. The van der Waals surface area contributed by atoms with Gasteiger partial charge in [-0.2, -0.15) is 0 Å². The fourth-order valence-corrected chi connectivity index (χ4v) is 7.43. The first-order chi connectivity index (χ1) is 16.3. The highest BCUT2D eigenvalue weighted by molar-refractivity contribution is 7.99. The number of sulfone groups is 1. The van der Waals surface area contributed by atoms with Gasteiger partial charge < -0.3 is 14.4 Å². The number of rotatable bonds is 8. The molecule has 4 rings (SSSR count). The summed E-state index contributed by atoms with van der Waals surface area (Å²) in [6.45, 7) is 0. The van der Waals surface area contributed by atoms with Crippen LogP contribution in [-0.2, 0) is 14.6 Å². The Morgan fingerprint density at radius 1 is 1.12 bits per heavy atom. The molecule has 0 spiro atoms. The van der Waals surface area contributed by atoms with Crippen molar-refractivity contribution >= 4 is 27.5 Å². The third kappa shape index (κ3) is 5.35. The Morgan fingerprint density at radius 3 is 2.50 bits per heavy atom. The summed E-state index contributed by atoms with van der Waals surface area (Å²) in [5.74, 6) is 2.29. The number of hydrogen-bond acceptors (Lipinski definition) is 8. The van der Waals surface area contributed by atoms with Crippen LogP contribution in [0.15, 0.2) is 23.4 Å². The van der Waals surface area contributed by atoms with E-state index in [0.29, 0.717) is 23.1 Å². The molecule has 11 heteroatoms. The lowest BCUT2D eigenvalue weighted by atomic mass is 9.95. The van der Waals surface area contributed by atoms with Gasteiger partial charge in [-0.15, -0.1) is 10.2 Å². The average Bonchev–Trinajstić information content (AvgIpc) is 3.44. The summed E-state index contributed by atoms with van der Waals surface area (Å²) in [5, 5.41) is 9.66. The molecule has 2 aromatic rings. The van der Waals surface area contributed by atoms with E-state index in [0.717, 1.165) is 37.1 Å². The number of nitrogens with zero attached hydrogens (tertiary/aromatic N) is 4. The molecule has 1 aromatic heterocycles. The van der Waals surface area contributed by atoms with E-state index in [1.165, 1.54) is 18.2 Å². The second-order valence-electron chi connectivity index (χ2n) is 8.89. The summed E-state index contributed by atoms with van der Waals surface area (Å²) >= 11 is 1.36. The molecule has 1 atom stereocenters. The third-order valence-corrected chi connectivity index (χ3v) is 9.40. The molecule has 1 aliphatic heterocycles. The van der Waals surface area contributed by atoms with Crippen molar-refractivity contribution < 1.29 is 22.7 Å². The number of carbonyl (C=O) groups excluding carboxylic acids is 1. The zero-order chi connectivity index (χ0) is 24.3. The summed E-state index contributed by atoms with van der Waals surface area (Å²) < 4.78 is 36.6. The minimum atomic E-state index is -3.05. The quantitative estimate of drug-likeness (QED) is 0.501. The Balaban J connectivity index is 1.57. The molecule has 2 fully saturated rings. The number of hydrogen-bond donors (Lipinski definition) is 0. The summed E-state index contributed by atoms with van der Waals surface area (Å²) in [6.07, 6.45) is 6.10. The second-order valence-corrected chi connectivity index (χ2v) is 12.1. The molecule has 0 unspecified atom stereocenters. The lowest BCUT2D eigenvalue weighted by Crippen LogP contribution is -2.38. The summed E-state index contributed by atoms with van der Waals surface area (Å²) in [6, 6.07) is 5.71. The van der Waals surface area contributed by atoms with E-state index in [2.05, 4.69) is 14.8 Å². The first kappa shape index (κ1) is 24.8. The number of aromatic nitrogens is 3. The highest BCUT2D eigenvalue weighted by atomic mass is 32.2. The van der Waals surface area contributed by atoms with E-state index in [9.17, 15) is 13.2 Å². The van der Waals surface area contributed by atoms with Crippen molar-refractivity contribution in [3.63, 3.8) is 0 Å². The van der Waals surface area contributed by atoms with Crippen LogP contribution in [0.5, 0.6) is 11.5 Å². The molecule has 1 aliphatic carbocycles. The first-order valence-electron chi connectivity index (χ1n) is 11.6. The van der Waals surface area contributed by atoms with Gasteiger partial charge in [0, 0.05) is 24.7 Å². The topological polar surface area (TPSA) is 104 Å². The second kappa shape index (κ2) is 10.6. The predicted octanol–water partition coefficient (Wildman–Crippen LogP) is 3.21. The van der Waals surface area contributed by atoms with Crippen LogP contribution in [0.4, 0.5) is 0 Å². The predicted molar refractivity (Wildman–Crippen MR) is 131 cm³/mol. The molecule has 0 N–H and O–H groups in total. The Bertz CT molecular complexity index is 1130. The lowest BCUT2D eigenvalue weighted by molar-refractivity contribution is -0.128. The molecule has 1 amide bonds. The Hall–Kier alpha value is -2.27. The van der Waals surface area contributed by atoms with E-state index < -0.39 is 9.84 Å². The van der Waals surface area contributed by atoms with Crippen molar-refractivity contribution in [3.05, 3.63) is 18.2 Å². The molecule has 0 bridgehead atoms. The van der Waals surface area contributed by atoms with Crippen molar-refractivity contribution in [1.82, 2.24) is 19.7 Å². The van der Waals surface area contributed by atoms with E-state index in [-0.39, 0.29) is 35.2 Å². The Morgan fingerprint density at radius 2 is 1.85 bits per heavy atom. The van der Waals surface area contributed by atoms with Gasteiger partial charge in [0.15, 0.2) is 32.3 Å². The highest BCUT2D eigenvalue weighted by Gasteiger charge is 2.33. The summed E-state index contributed by atoms with van der Waals surface area (Å²) in [4.78, 5) is 14.4. The molecule has 1 saturated carbocycles. The number of benzene rings is 1. The van der Waals surface area contributed by atoms with Crippen molar-refractivity contribution in [1.29, 1.82) is 0 Å². The standard InChI is InChI=1S/C23H32N4O5S2/c1-26(18-11-12-34(29,30)15-18)21(28)14-33-23-25-24-22(27(23)17-7-5-4-6-8-17)16-9-10-19(31-2)20(13-16)32-3/h9-10,13,17-18H,4-8,11-12,14-15H2,1-3H3/t18-/m0/s1. The molecule has 1 saturated heterocycles. The SMILES string of the molecule is COc1ccc(-c2nnc(SCC(=O)N(C)[C@H]3CCS(=O)(=O)C3)n2C2CCCCC2)cc1OC. The molecular formula is C23H32N4O5S2. The van der Waals surface area contributed by atoms with Crippen LogP contribution in [0.2, 0.25) is 0 Å². The van der Waals surface area contributed by atoms with Gasteiger partial charge in [-0.1, -0.05) is 31.0 Å². The van der Waals surface area contributed by atoms with Crippen LogP contribution < -0.4 is 9.47 Å². The highest BCUT2D eigenvalue weighted by Crippen LogP contribution is 2.38. The smallest absolute Gasteiger partial charge is 0.233 e. The summed E-state index contributed by atoms with van der Waals surface area (Å²) in [5.41, 5.74) is 0.877. The maximum atomic E-state index is 12.9. The lowest BCUT2D eigenvalue weighted by Gasteiger charge is -2.26. The number of ether oxygens (including phenoxy) is 2. The van der Waals surface area contributed by atoms with Crippen LogP contribution in [0, 0.1) is 0 Å². The van der Waals surface area contributed by atoms with Crippen LogP contribution in [0.3, 0.4) is 0 Å². The zero-order valence-electron chi connectivity index (χ0n) is 19.9. The average molecular weight is 509 g/mol. The van der Waals surface area contributed by atoms with Crippen LogP contribution in [0.1, 0.15) is 44.6 Å². The monoisotopic (exact) mass is 508 g/mol. The first-order valence-corrected chi connectivity index (χ1v) is 14.4. The van der Waals surface area contributed by atoms with Crippen molar-refractivity contribution in [2.45, 2.75) is 55.8 Å². The van der Waals surface area contributed by atoms with E-state index in [4.69, 9.17) is 9.47 Å². The summed E-state index contributed by atoms with van der Waals surface area (Å²) in [7, 11) is 1.85. The molecule has 34 heavy (non-hydrogen) atoms. The normalized spacial score (nSPS) is 20.3. The van der Waals surface area contributed by atoms with Gasteiger partial charge in [-0.3, -0.25) is 9.36 Å². The van der Waals surface area contributed by atoms with Crippen molar-refractivity contribution in [3.8, 4) is 22.9 Å². The van der Waals surface area contributed by atoms with Crippen LogP contribution >= 0.6 is 11.8 Å². The Labute approximate surface area is 205 Å². The minimum absolute atomic E-state index is 0.0433. The minimum Gasteiger partial charge on any atom is -0.493 e. The van der Waals surface area contributed by atoms with E-state index in [1.54, 1.807) is 26.2 Å². The molecule has 186 valence electrons. The van der Waals surface area contributed by atoms with Crippen molar-refractivity contribution in [2.75, 3.05) is 38.5 Å². The van der Waals surface area contributed by atoms with E-state index >= 15 is 0 Å². The number of methoxy groups -OCH3 is 2. The van der Waals surface area contributed by atoms with E-state index in [1.807, 2.05) is 18.2 Å². The number of amides is 1. The van der Waals surface area contributed by atoms with Gasteiger partial charge in [-0.05, 0) is 37.5 Å². The fraction of sp³-hybridized carbons (Fsp3) is 0.609. The largest absolute Gasteiger partial charge is 0.493 e. The zero-order valence-corrected chi connectivity index (χ0v) is 21.5. The third-order valence-electron chi connectivity index (χ3n) is 6.72. The maximum Gasteiger partial charge on any atom is 0.233 e. The Kier molecular flexibility index (Phi) is 7.71. The van der Waals surface area contributed by atoms with Gasteiger partial charge in [0.1, 0.15) is 0 Å². The van der Waals surface area contributed by atoms with Crippen LogP contribution in [-0.4, -0.2) is 78.6 Å². The number of thioether (sulfide) groups is 1. The van der Waals surface area contributed by atoms with Gasteiger partial charge >= 0.3 is 0 Å². The molecule has 0 radical (unpaired) electrons. The molecule has 2 heterocycles.